The van der Waals surface area contributed by atoms with Crippen LogP contribution in [0.4, 0.5) is 0 Å². The van der Waals surface area contributed by atoms with Crippen LogP contribution < -0.4 is 10.1 Å². The van der Waals surface area contributed by atoms with Gasteiger partial charge in [0.15, 0.2) is 0 Å². The molecule has 21 heavy (non-hydrogen) atoms. The van der Waals surface area contributed by atoms with Crippen molar-refractivity contribution in [2.45, 2.75) is 32.8 Å². The first-order valence-corrected chi connectivity index (χ1v) is 7.57. The lowest BCUT2D eigenvalue weighted by atomic mass is 9.92. The van der Waals surface area contributed by atoms with Crippen molar-refractivity contribution in [1.29, 1.82) is 5.26 Å². The maximum absolute atomic E-state index is 9.94. The molecule has 4 nitrogen and oxygen atoms in total. The molecule has 1 saturated carbocycles. The number of aliphatic hydroxyl groups excluding tert-OH is 1. The third-order valence-electron chi connectivity index (χ3n) is 4.38. The van der Waals surface area contributed by atoms with Crippen molar-refractivity contribution in [3.63, 3.8) is 0 Å². The highest BCUT2D eigenvalue weighted by atomic mass is 16.5. The van der Waals surface area contributed by atoms with Gasteiger partial charge in [0.05, 0.1) is 11.6 Å². The summed E-state index contributed by atoms with van der Waals surface area (Å²) in [6, 6.07) is 9.04. The normalized spacial score (nSPS) is 17.3. The second-order valence-corrected chi connectivity index (χ2v) is 6.25. The lowest BCUT2D eigenvalue weighted by Crippen LogP contribution is -2.36. The lowest BCUT2D eigenvalue weighted by Gasteiger charge is -2.21. The molecule has 0 bridgehead atoms. The molecule has 1 aliphatic rings. The Hall–Kier alpha value is -1.57. The Kier molecular flexibility index (Phi) is 5.22. The molecule has 0 radical (unpaired) electrons. The van der Waals surface area contributed by atoms with Gasteiger partial charge in [0.1, 0.15) is 18.5 Å². The summed E-state index contributed by atoms with van der Waals surface area (Å²) in [5, 5.41) is 22.1. The predicted molar refractivity (Wildman–Crippen MR) is 82.0 cm³/mol. The summed E-state index contributed by atoms with van der Waals surface area (Å²) in [4.78, 5) is 0. The Bertz CT molecular complexity index is 504. The van der Waals surface area contributed by atoms with Crippen molar-refractivity contribution in [3.05, 3.63) is 29.8 Å². The van der Waals surface area contributed by atoms with Crippen LogP contribution in [0.15, 0.2) is 24.3 Å². The quantitative estimate of drug-likeness (QED) is 0.770. The van der Waals surface area contributed by atoms with Crippen molar-refractivity contribution in [3.8, 4) is 11.8 Å². The largest absolute Gasteiger partial charge is 0.491 e. The van der Waals surface area contributed by atoms with E-state index < -0.39 is 6.10 Å². The minimum absolute atomic E-state index is 0.233. The fraction of sp³-hybridized carbons (Fsp3) is 0.588. The van der Waals surface area contributed by atoms with Crippen molar-refractivity contribution in [1.82, 2.24) is 5.32 Å². The molecule has 0 aliphatic heterocycles. The first-order chi connectivity index (χ1) is 10.1. The van der Waals surface area contributed by atoms with Crippen molar-refractivity contribution in [2.24, 2.45) is 11.3 Å². The highest BCUT2D eigenvalue weighted by Gasteiger charge is 2.44. The molecular formula is C17H24N2O2. The maximum Gasteiger partial charge on any atom is 0.120 e. The van der Waals surface area contributed by atoms with Gasteiger partial charge in [-0.25, -0.2) is 0 Å². The van der Waals surface area contributed by atoms with Crippen molar-refractivity contribution >= 4 is 0 Å². The number of rotatable bonds is 8. The van der Waals surface area contributed by atoms with Gasteiger partial charge in [0, 0.05) is 13.1 Å². The van der Waals surface area contributed by atoms with Crippen LogP contribution >= 0.6 is 0 Å². The first-order valence-electron chi connectivity index (χ1n) is 7.57. The van der Waals surface area contributed by atoms with E-state index in [1.54, 1.807) is 24.3 Å². The number of nitrogens with one attached hydrogen (secondary N) is 1. The standard InChI is InChI=1S/C17H24N2O2/c1-13(2)17(6-7-17)12-19-10-15(20)11-21-16-5-3-4-14(8-16)9-18/h3-5,8,13,15,19-20H,6-7,10-12H2,1-2H3. The van der Waals surface area contributed by atoms with Gasteiger partial charge in [-0.3, -0.25) is 0 Å². The molecule has 1 aliphatic carbocycles. The Morgan fingerprint density at radius 1 is 1.43 bits per heavy atom. The molecule has 2 rings (SSSR count). The van der Waals surface area contributed by atoms with E-state index in [-0.39, 0.29) is 6.61 Å². The lowest BCUT2D eigenvalue weighted by molar-refractivity contribution is 0.104. The number of hydrogen-bond donors (Lipinski definition) is 2. The van der Waals surface area contributed by atoms with Gasteiger partial charge in [-0.2, -0.15) is 5.26 Å². The summed E-state index contributed by atoms with van der Waals surface area (Å²) in [6.07, 6.45) is 2.02. The summed E-state index contributed by atoms with van der Waals surface area (Å²) in [5.74, 6) is 1.31. The summed E-state index contributed by atoms with van der Waals surface area (Å²) in [6.45, 7) is 6.25. The van der Waals surface area contributed by atoms with Gasteiger partial charge in [0.2, 0.25) is 0 Å². The summed E-state index contributed by atoms with van der Waals surface area (Å²) >= 11 is 0. The Morgan fingerprint density at radius 3 is 2.81 bits per heavy atom. The van der Waals surface area contributed by atoms with Crippen LogP contribution in [0.1, 0.15) is 32.3 Å². The van der Waals surface area contributed by atoms with E-state index in [0.29, 0.717) is 29.2 Å². The van der Waals surface area contributed by atoms with Crippen LogP contribution in [-0.2, 0) is 0 Å². The molecule has 4 heteroatoms. The van der Waals surface area contributed by atoms with Gasteiger partial charge < -0.3 is 15.2 Å². The number of benzene rings is 1. The summed E-state index contributed by atoms with van der Waals surface area (Å²) < 4.78 is 5.51. The molecule has 2 N–H and O–H groups in total. The van der Waals surface area contributed by atoms with E-state index in [0.717, 1.165) is 6.54 Å². The van der Waals surface area contributed by atoms with Crippen molar-refractivity contribution in [2.75, 3.05) is 19.7 Å². The maximum atomic E-state index is 9.94. The van der Waals surface area contributed by atoms with E-state index in [2.05, 4.69) is 25.2 Å². The topological polar surface area (TPSA) is 65.3 Å². The molecule has 0 aromatic heterocycles. The molecule has 114 valence electrons. The molecule has 0 spiro atoms. The number of hydrogen-bond acceptors (Lipinski definition) is 4. The molecule has 1 unspecified atom stereocenters. The molecular weight excluding hydrogens is 264 g/mol. The van der Waals surface area contributed by atoms with E-state index in [9.17, 15) is 5.11 Å². The SMILES string of the molecule is CC(C)C1(CNCC(O)COc2cccc(C#N)c2)CC1. The minimum Gasteiger partial charge on any atom is -0.491 e. The number of ether oxygens (including phenoxy) is 1. The molecule has 1 fully saturated rings. The van der Waals surface area contributed by atoms with Crippen LogP contribution in [0.5, 0.6) is 5.75 Å². The van der Waals surface area contributed by atoms with Crippen LogP contribution in [0.2, 0.25) is 0 Å². The fourth-order valence-corrected chi connectivity index (χ4v) is 2.51. The van der Waals surface area contributed by atoms with Crippen LogP contribution in [-0.4, -0.2) is 30.9 Å². The number of nitriles is 1. The zero-order valence-electron chi connectivity index (χ0n) is 12.8. The molecule has 1 aromatic rings. The zero-order valence-corrected chi connectivity index (χ0v) is 12.8. The van der Waals surface area contributed by atoms with E-state index in [1.165, 1.54) is 12.8 Å². The molecule has 0 heterocycles. The van der Waals surface area contributed by atoms with Gasteiger partial charge in [-0.1, -0.05) is 19.9 Å². The molecule has 0 saturated heterocycles. The summed E-state index contributed by atoms with van der Waals surface area (Å²) in [5.41, 5.74) is 1.01. The Labute approximate surface area is 126 Å². The second kappa shape index (κ2) is 6.93. The zero-order chi connectivity index (χ0) is 15.3. The van der Waals surface area contributed by atoms with Gasteiger partial charge in [-0.15, -0.1) is 0 Å². The first kappa shape index (κ1) is 15.8. The minimum atomic E-state index is -0.543. The monoisotopic (exact) mass is 288 g/mol. The van der Waals surface area contributed by atoms with Gasteiger partial charge in [-0.05, 0) is 42.4 Å². The number of nitrogens with zero attached hydrogens (tertiary/aromatic N) is 1. The third-order valence-corrected chi connectivity index (χ3v) is 4.38. The average Bonchev–Trinajstić information content (AvgIpc) is 3.26. The molecule has 0 amide bonds. The highest BCUT2D eigenvalue weighted by Crippen LogP contribution is 2.51. The average molecular weight is 288 g/mol. The predicted octanol–water partition coefficient (Wildman–Crippen LogP) is 2.32. The van der Waals surface area contributed by atoms with E-state index in [4.69, 9.17) is 10.00 Å². The van der Waals surface area contributed by atoms with E-state index >= 15 is 0 Å². The summed E-state index contributed by atoms with van der Waals surface area (Å²) in [7, 11) is 0. The Morgan fingerprint density at radius 2 is 2.19 bits per heavy atom. The van der Waals surface area contributed by atoms with Crippen molar-refractivity contribution < 1.29 is 9.84 Å². The van der Waals surface area contributed by atoms with Gasteiger partial charge >= 0.3 is 0 Å². The molecule has 1 aromatic carbocycles. The van der Waals surface area contributed by atoms with Gasteiger partial charge in [0.25, 0.3) is 0 Å². The van der Waals surface area contributed by atoms with Crippen LogP contribution in [0, 0.1) is 22.7 Å². The van der Waals surface area contributed by atoms with E-state index in [1.807, 2.05) is 0 Å². The third kappa shape index (κ3) is 4.45. The Balaban J connectivity index is 1.68. The second-order valence-electron chi connectivity index (χ2n) is 6.25. The number of aliphatic hydroxyl groups is 1. The highest BCUT2D eigenvalue weighted by molar-refractivity contribution is 5.36. The smallest absolute Gasteiger partial charge is 0.120 e. The van der Waals surface area contributed by atoms with Crippen LogP contribution in [0.25, 0.3) is 0 Å². The fourth-order valence-electron chi connectivity index (χ4n) is 2.51. The van der Waals surface area contributed by atoms with Crippen LogP contribution in [0.3, 0.4) is 0 Å². The molecule has 1 atom stereocenters.